The Bertz CT molecular complexity index is 1100. The normalized spacial score (nSPS) is 12.0. The molecular weight excluding hydrogens is 414 g/mol. The number of hydrogen-bond acceptors (Lipinski definition) is 5. The molecule has 10 heteroatoms. The number of anilines is 1. The smallest absolute Gasteiger partial charge is 0.242 e. The molecule has 0 aliphatic rings. The molecule has 0 heterocycles. The van der Waals surface area contributed by atoms with E-state index in [0.29, 0.717) is 16.8 Å². The van der Waals surface area contributed by atoms with Crippen molar-refractivity contribution in [3.8, 4) is 0 Å². The van der Waals surface area contributed by atoms with E-state index in [0.717, 1.165) is 14.9 Å². The minimum Gasteiger partial charge on any atom is -0.350 e. The first kappa shape index (κ1) is 22.9. The quantitative estimate of drug-likeness (QED) is 0.668. The average Bonchev–Trinajstić information content (AvgIpc) is 2.64. The fourth-order valence-electron chi connectivity index (χ4n) is 2.70. The zero-order valence-corrected chi connectivity index (χ0v) is 18.4. The van der Waals surface area contributed by atoms with Crippen molar-refractivity contribution in [1.29, 1.82) is 0 Å². The lowest BCUT2D eigenvalue weighted by Crippen LogP contribution is -2.40. The summed E-state index contributed by atoms with van der Waals surface area (Å²) in [6.45, 7) is 1.30. The van der Waals surface area contributed by atoms with Gasteiger partial charge >= 0.3 is 0 Å². The second-order valence-electron chi connectivity index (χ2n) is 6.73. The van der Waals surface area contributed by atoms with Crippen molar-refractivity contribution < 1.29 is 21.6 Å². The van der Waals surface area contributed by atoms with Crippen molar-refractivity contribution in [2.24, 2.45) is 0 Å². The van der Waals surface area contributed by atoms with E-state index in [1.54, 1.807) is 49.4 Å². The van der Waals surface area contributed by atoms with Gasteiger partial charge in [-0.2, -0.15) is 0 Å². The Morgan fingerprint density at radius 1 is 0.966 bits per heavy atom. The summed E-state index contributed by atoms with van der Waals surface area (Å²) in [5.74, 6) is -0.546. The van der Waals surface area contributed by atoms with Gasteiger partial charge in [-0.1, -0.05) is 36.4 Å². The van der Waals surface area contributed by atoms with Gasteiger partial charge in [0.1, 0.15) is 6.54 Å². The van der Waals surface area contributed by atoms with E-state index in [-0.39, 0.29) is 11.4 Å². The van der Waals surface area contributed by atoms with Gasteiger partial charge in [-0.3, -0.25) is 9.10 Å². The van der Waals surface area contributed by atoms with Crippen molar-refractivity contribution in [1.82, 2.24) is 9.62 Å². The SMILES string of the molecule is Cc1ccccc1N(CC(=O)NCc1ccccc1S(=O)(=O)N(C)C)S(C)(=O)=O. The summed E-state index contributed by atoms with van der Waals surface area (Å²) in [6.07, 6.45) is 1.03. The van der Waals surface area contributed by atoms with Gasteiger partial charge in [-0.25, -0.2) is 21.1 Å². The van der Waals surface area contributed by atoms with E-state index in [4.69, 9.17) is 0 Å². The van der Waals surface area contributed by atoms with Crippen molar-refractivity contribution in [3.05, 3.63) is 59.7 Å². The van der Waals surface area contributed by atoms with Crippen molar-refractivity contribution in [2.45, 2.75) is 18.4 Å². The van der Waals surface area contributed by atoms with Crippen LogP contribution in [0.15, 0.2) is 53.4 Å². The van der Waals surface area contributed by atoms with Crippen LogP contribution in [0.25, 0.3) is 0 Å². The van der Waals surface area contributed by atoms with Crippen molar-refractivity contribution in [3.63, 3.8) is 0 Å². The molecular formula is C19H25N3O5S2. The number of para-hydroxylation sites is 1. The summed E-state index contributed by atoms with van der Waals surface area (Å²) in [7, 11) is -4.51. The van der Waals surface area contributed by atoms with Gasteiger partial charge in [0, 0.05) is 20.6 Å². The van der Waals surface area contributed by atoms with Gasteiger partial charge in [0.25, 0.3) is 0 Å². The van der Waals surface area contributed by atoms with Gasteiger partial charge in [0.15, 0.2) is 0 Å². The van der Waals surface area contributed by atoms with E-state index in [1.165, 1.54) is 20.2 Å². The van der Waals surface area contributed by atoms with Crippen LogP contribution in [0, 0.1) is 6.92 Å². The molecule has 0 radical (unpaired) electrons. The maximum absolute atomic E-state index is 12.5. The minimum absolute atomic E-state index is 0.0482. The first-order valence-electron chi connectivity index (χ1n) is 8.75. The molecule has 1 N–H and O–H groups in total. The van der Waals surface area contributed by atoms with E-state index in [1.807, 2.05) is 0 Å². The third-order valence-electron chi connectivity index (χ3n) is 4.28. The van der Waals surface area contributed by atoms with Crippen LogP contribution in [-0.2, 0) is 31.4 Å². The summed E-state index contributed by atoms with van der Waals surface area (Å²) in [6, 6.07) is 13.2. The molecule has 0 aliphatic heterocycles. The fraction of sp³-hybridized carbons (Fsp3) is 0.316. The second-order valence-corrected chi connectivity index (χ2v) is 10.8. The zero-order chi connectivity index (χ0) is 21.8. The maximum atomic E-state index is 12.5. The van der Waals surface area contributed by atoms with Crippen LogP contribution >= 0.6 is 0 Å². The predicted molar refractivity (Wildman–Crippen MR) is 113 cm³/mol. The van der Waals surface area contributed by atoms with Crippen molar-refractivity contribution in [2.75, 3.05) is 31.2 Å². The van der Waals surface area contributed by atoms with Crippen LogP contribution in [-0.4, -0.2) is 53.9 Å². The first-order valence-corrected chi connectivity index (χ1v) is 12.0. The lowest BCUT2D eigenvalue weighted by atomic mass is 10.2. The number of sulfonamides is 2. The van der Waals surface area contributed by atoms with E-state index in [2.05, 4.69) is 5.32 Å². The number of hydrogen-bond donors (Lipinski definition) is 1. The third-order valence-corrected chi connectivity index (χ3v) is 7.32. The molecule has 1 amide bonds. The molecule has 158 valence electrons. The highest BCUT2D eigenvalue weighted by molar-refractivity contribution is 7.92. The summed E-state index contributed by atoms with van der Waals surface area (Å²) >= 11 is 0. The number of nitrogens with zero attached hydrogens (tertiary/aromatic N) is 2. The number of carbonyl (C=O) groups is 1. The topological polar surface area (TPSA) is 104 Å². The molecule has 0 unspecified atom stereocenters. The number of amides is 1. The summed E-state index contributed by atoms with van der Waals surface area (Å²) < 4.78 is 51.5. The summed E-state index contributed by atoms with van der Waals surface area (Å²) in [5, 5.41) is 2.61. The predicted octanol–water partition coefficient (Wildman–Crippen LogP) is 1.33. The van der Waals surface area contributed by atoms with Gasteiger partial charge in [-0.05, 0) is 30.2 Å². The average molecular weight is 440 g/mol. The number of rotatable bonds is 8. The molecule has 0 saturated heterocycles. The lowest BCUT2D eigenvalue weighted by Gasteiger charge is -2.23. The molecule has 29 heavy (non-hydrogen) atoms. The number of aryl methyl sites for hydroxylation is 1. The second kappa shape index (κ2) is 8.93. The molecule has 2 aromatic rings. The van der Waals surface area contributed by atoms with Crippen LogP contribution in [0.4, 0.5) is 5.69 Å². The molecule has 0 aromatic heterocycles. The highest BCUT2D eigenvalue weighted by atomic mass is 32.2. The monoisotopic (exact) mass is 439 g/mol. The van der Waals surface area contributed by atoms with E-state index in [9.17, 15) is 21.6 Å². The molecule has 0 saturated carbocycles. The molecule has 0 spiro atoms. The molecule has 0 aliphatic carbocycles. The Labute approximate surface area is 172 Å². The Hall–Kier alpha value is -2.43. The minimum atomic E-state index is -3.69. The first-order chi connectivity index (χ1) is 13.4. The summed E-state index contributed by atoms with van der Waals surface area (Å²) in [5.41, 5.74) is 1.55. The maximum Gasteiger partial charge on any atom is 0.242 e. The van der Waals surface area contributed by atoms with Crippen LogP contribution in [0.2, 0.25) is 0 Å². The Kier molecular flexibility index (Phi) is 7.04. The fourth-order valence-corrected chi connectivity index (χ4v) is 4.73. The molecule has 2 rings (SSSR count). The third kappa shape index (κ3) is 5.55. The lowest BCUT2D eigenvalue weighted by molar-refractivity contribution is -0.119. The molecule has 0 fully saturated rings. The Balaban J connectivity index is 2.21. The molecule has 8 nitrogen and oxygen atoms in total. The molecule has 2 aromatic carbocycles. The van der Waals surface area contributed by atoms with Crippen LogP contribution in [0.3, 0.4) is 0 Å². The van der Waals surface area contributed by atoms with Gasteiger partial charge in [0.05, 0.1) is 16.8 Å². The van der Waals surface area contributed by atoms with Crippen LogP contribution in [0.5, 0.6) is 0 Å². The Morgan fingerprint density at radius 2 is 1.55 bits per heavy atom. The number of benzene rings is 2. The largest absolute Gasteiger partial charge is 0.350 e. The number of nitrogens with one attached hydrogen (secondary N) is 1. The van der Waals surface area contributed by atoms with Crippen LogP contribution < -0.4 is 9.62 Å². The highest BCUT2D eigenvalue weighted by Gasteiger charge is 2.23. The zero-order valence-electron chi connectivity index (χ0n) is 16.8. The summed E-state index contributed by atoms with van der Waals surface area (Å²) in [4.78, 5) is 12.6. The van der Waals surface area contributed by atoms with E-state index >= 15 is 0 Å². The number of carbonyl (C=O) groups excluding carboxylic acids is 1. The standard InChI is InChI=1S/C19H25N3O5S2/c1-15-9-5-7-11-17(15)22(28(4,24)25)14-19(23)20-13-16-10-6-8-12-18(16)29(26,27)21(2)3/h5-12H,13-14H2,1-4H3,(H,20,23). The van der Waals surface area contributed by atoms with Crippen molar-refractivity contribution >= 4 is 31.6 Å². The van der Waals surface area contributed by atoms with E-state index < -0.39 is 32.5 Å². The Morgan fingerprint density at radius 3 is 2.14 bits per heavy atom. The molecule has 0 atom stereocenters. The van der Waals surface area contributed by atoms with Gasteiger partial charge < -0.3 is 5.32 Å². The highest BCUT2D eigenvalue weighted by Crippen LogP contribution is 2.22. The molecule has 0 bridgehead atoms. The van der Waals surface area contributed by atoms with Gasteiger partial charge in [-0.15, -0.1) is 0 Å². The van der Waals surface area contributed by atoms with Gasteiger partial charge in [0.2, 0.25) is 26.0 Å². The van der Waals surface area contributed by atoms with Crippen LogP contribution in [0.1, 0.15) is 11.1 Å².